The van der Waals surface area contributed by atoms with Crippen molar-refractivity contribution in [2.24, 2.45) is 10.7 Å². The van der Waals surface area contributed by atoms with E-state index < -0.39 is 0 Å². The molecule has 4 heteroatoms. The number of carbonyl (C=O) groups excluding carboxylic acids is 1. The Morgan fingerprint density at radius 1 is 1.08 bits per heavy atom. The fraction of sp³-hybridized carbons (Fsp3) is 0.100. The van der Waals surface area contributed by atoms with Crippen LogP contribution in [-0.4, -0.2) is 11.7 Å². The zero-order valence-corrected chi connectivity index (χ0v) is 13.4. The molecule has 24 heavy (non-hydrogen) atoms. The Labute approximate surface area is 140 Å². The molecule has 4 nitrogen and oxygen atoms in total. The van der Waals surface area contributed by atoms with Crippen LogP contribution < -0.4 is 10.6 Å². The average Bonchev–Trinajstić information content (AvgIpc) is 2.96. The summed E-state index contributed by atoms with van der Waals surface area (Å²) >= 11 is 0. The Balaban J connectivity index is 1.74. The van der Waals surface area contributed by atoms with Crippen LogP contribution >= 0.6 is 0 Å². The maximum Gasteiger partial charge on any atom is 0.201 e. The van der Waals surface area contributed by atoms with Crippen molar-refractivity contribution in [3.05, 3.63) is 71.8 Å². The molecule has 0 saturated heterocycles. The van der Waals surface area contributed by atoms with Crippen LogP contribution in [0.4, 0.5) is 11.4 Å². The predicted octanol–water partition coefficient (Wildman–Crippen LogP) is 4.01. The lowest BCUT2D eigenvalue weighted by molar-refractivity contribution is 0.101. The molecule has 0 saturated carbocycles. The number of nitrogens with two attached hydrogens (primary N) is 1. The molecule has 0 aromatic heterocycles. The van der Waals surface area contributed by atoms with Gasteiger partial charge in [0.05, 0.1) is 17.9 Å². The molecule has 0 unspecified atom stereocenters. The average molecular weight is 315 g/mol. The van der Waals surface area contributed by atoms with Gasteiger partial charge in [-0.15, -0.1) is 0 Å². The number of ketones is 1. The molecular formula is C20H17N3O. The lowest BCUT2D eigenvalue weighted by Gasteiger charge is -2.18. The summed E-state index contributed by atoms with van der Waals surface area (Å²) in [4.78, 5) is 18.1. The van der Waals surface area contributed by atoms with E-state index in [-0.39, 0.29) is 5.78 Å². The van der Waals surface area contributed by atoms with Crippen LogP contribution in [0.5, 0.6) is 0 Å². The van der Waals surface area contributed by atoms with Crippen molar-refractivity contribution >= 4 is 33.9 Å². The van der Waals surface area contributed by atoms with E-state index in [1.807, 2.05) is 23.1 Å². The molecule has 0 fully saturated rings. The molecule has 3 aromatic carbocycles. The number of anilines is 1. The van der Waals surface area contributed by atoms with Crippen LogP contribution in [0.3, 0.4) is 0 Å². The molecule has 1 aliphatic heterocycles. The number of hydrogen-bond acceptors (Lipinski definition) is 2. The van der Waals surface area contributed by atoms with Crippen LogP contribution in [0.25, 0.3) is 10.8 Å². The third-order valence-corrected chi connectivity index (χ3v) is 4.36. The molecule has 0 bridgehead atoms. The number of hydrogen-bond donors (Lipinski definition) is 1. The molecule has 0 amide bonds. The van der Waals surface area contributed by atoms with Gasteiger partial charge in [0.15, 0.2) is 5.78 Å². The molecule has 2 N–H and O–H groups in total. The molecule has 118 valence electrons. The Bertz CT molecular complexity index is 986. The van der Waals surface area contributed by atoms with E-state index in [4.69, 9.17) is 5.73 Å². The number of guanidine groups is 1. The summed E-state index contributed by atoms with van der Waals surface area (Å²) in [6.07, 6.45) is 0. The van der Waals surface area contributed by atoms with Gasteiger partial charge in [0.25, 0.3) is 0 Å². The van der Waals surface area contributed by atoms with Gasteiger partial charge in [-0.25, -0.2) is 4.99 Å². The van der Waals surface area contributed by atoms with E-state index >= 15 is 0 Å². The maximum absolute atomic E-state index is 11.5. The van der Waals surface area contributed by atoms with Gasteiger partial charge in [-0.1, -0.05) is 42.5 Å². The zero-order chi connectivity index (χ0) is 16.7. The Morgan fingerprint density at radius 3 is 2.62 bits per heavy atom. The second-order valence-electron chi connectivity index (χ2n) is 5.96. The van der Waals surface area contributed by atoms with Crippen LogP contribution in [0, 0.1) is 0 Å². The van der Waals surface area contributed by atoms with E-state index in [1.54, 1.807) is 19.1 Å². The molecule has 0 atom stereocenters. The summed E-state index contributed by atoms with van der Waals surface area (Å²) in [5, 5.41) is 2.44. The molecule has 1 aliphatic rings. The van der Waals surface area contributed by atoms with Crippen molar-refractivity contribution in [3.63, 3.8) is 0 Å². The topological polar surface area (TPSA) is 58.7 Å². The molecule has 0 spiro atoms. The fourth-order valence-corrected chi connectivity index (χ4v) is 3.20. The fourth-order valence-electron chi connectivity index (χ4n) is 3.20. The van der Waals surface area contributed by atoms with Gasteiger partial charge in [-0.05, 0) is 36.1 Å². The SMILES string of the molecule is CC(=O)c1cccc(N=C(N)N2Cc3cccc4cccc2c34)c1. The minimum Gasteiger partial charge on any atom is -0.369 e. The van der Waals surface area contributed by atoms with Gasteiger partial charge in [0, 0.05) is 10.9 Å². The van der Waals surface area contributed by atoms with E-state index in [0.717, 1.165) is 5.69 Å². The van der Waals surface area contributed by atoms with Crippen molar-refractivity contribution < 1.29 is 4.79 Å². The summed E-state index contributed by atoms with van der Waals surface area (Å²) in [7, 11) is 0. The summed E-state index contributed by atoms with van der Waals surface area (Å²) < 4.78 is 0. The Morgan fingerprint density at radius 2 is 1.83 bits per heavy atom. The number of rotatable bonds is 2. The smallest absolute Gasteiger partial charge is 0.201 e. The van der Waals surface area contributed by atoms with E-state index in [0.29, 0.717) is 23.8 Å². The first-order chi connectivity index (χ1) is 11.6. The number of nitrogens with zero attached hydrogens (tertiary/aromatic N) is 2. The largest absolute Gasteiger partial charge is 0.369 e. The third kappa shape index (κ3) is 2.33. The number of carbonyl (C=O) groups is 1. The maximum atomic E-state index is 11.5. The monoisotopic (exact) mass is 315 g/mol. The van der Waals surface area contributed by atoms with Crippen molar-refractivity contribution in [2.75, 3.05) is 4.90 Å². The minimum atomic E-state index is 0.0176. The highest BCUT2D eigenvalue weighted by Gasteiger charge is 2.23. The van der Waals surface area contributed by atoms with Gasteiger partial charge in [-0.2, -0.15) is 0 Å². The van der Waals surface area contributed by atoms with Crippen LogP contribution in [0.2, 0.25) is 0 Å². The molecule has 4 rings (SSSR count). The first-order valence-corrected chi connectivity index (χ1v) is 7.87. The van der Waals surface area contributed by atoms with Crippen molar-refractivity contribution in [2.45, 2.75) is 13.5 Å². The molecule has 0 radical (unpaired) electrons. The lowest BCUT2D eigenvalue weighted by Crippen LogP contribution is -2.34. The summed E-state index contributed by atoms with van der Waals surface area (Å²) in [5.74, 6) is 0.448. The molecule has 0 aliphatic carbocycles. The number of aliphatic imine (C=N–C) groups is 1. The van der Waals surface area contributed by atoms with Crippen LogP contribution in [-0.2, 0) is 6.54 Å². The molecule has 3 aromatic rings. The second-order valence-corrected chi connectivity index (χ2v) is 5.96. The van der Waals surface area contributed by atoms with Gasteiger partial charge in [0.2, 0.25) is 5.96 Å². The normalized spacial score (nSPS) is 13.5. The summed E-state index contributed by atoms with van der Waals surface area (Å²) in [5.41, 5.74) is 9.93. The lowest BCUT2D eigenvalue weighted by atomic mass is 10.1. The highest BCUT2D eigenvalue weighted by Crippen LogP contribution is 2.37. The first-order valence-electron chi connectivity index (χ1n) is 7.87. The minimum absolute atomic E-state index is 0.0176. The highest BCUT2D eigenvalue weighted by atomic mass is 16.1. The molecular weight excluding hydrogens is 298 g/mol. The zero-order valence-electron chi connectivity index (χ0n) is 13.4. The van der Waals surface area contributed by atoms with Crippen LogP contribution in [0.1, 0.15) is 22.8 Å². The van der Waals surface area contributed by atoms with Crippen molar-refractivity contribution in [1.29, 1.82) is 0 Å². The highest BCUT2D eigenvalue weighted by molar-refractivity contribution is 6.09. The predicted molar refractivity (Wildman–Crippen MR) is 97.9 cm³/mol. The van der Waals surface area contributed by atoms with E-state index in [2.05, 4.69) is 35.3 Å². The van der Waals surface area contributed by atoms with Crippen molar-refractivity contribution in [1.82, 2.24) is 0 Å². The quantitative estimate of drug-likeness (QED) is 0.441. The van der Waals surface area contributed by atoms with E-state index in [9.17, 15) is 4.79 Å². The van der Waals surface area contributed by atoms with Crippen LogP contribution in [0.15, 0.2) is 65.7 Å². The summed E-state index contributed by atoms with van der Waals surface area (Å²) in [6, 6.07) is 19.7. The van der Waals surface area contributed by atoms with Crippen molar-refractivity contribution in [3.8, 4) is 0 Å². The van der Waals surface area contributed by atoms with Gasteiger partial charge >= 0.3 is 0 Å². The summed E-state index contributed by atoms with van der Waals surface area (Å²) in [6.45, 7) is 2.25. The van der Waals surface area contributed by atoms with Gasteiger partial charge in [-0.3, -0.25) is 4.79 Å². The van der Waals surface area contributed by atoms with Gasteiger partial charge < -0.3 is 10.6 Å². The third-order valence-electron chi connectivity index (χ3n) is 4.36. The Kier molecular flexibility index (Phi) is 3.31. The second kappa shape index (κ2) is 5.49. The first kappa shape index (κ1) is 14.5. The number of Topliss-reactive ketones (excluding diaryl/α,β-unsaturated/α-hetero) is 1. The number of benzene rings is 3. The standard InChI is InChI=1S/C20H17N3O/c1-13(24)15-7-3-9-17(11-15)22-20(21)23-12-16-8-2-5-14-6-4-10-18(23)19(14)16/h2-11H,12H2,1H3,(H2,21,22). The van der Waals surface area contributed by atoms with Gasteiger partial charge in [0.1, 0.15) is 0 Å². The molecule has 1 heterocycles. The Hall–Kier alpha value is -3.14. The van der Waals surface area contributed by atoms with E-state index in [1.165, 1.54) is 16.3 Å².